The predicted octanol–water partition coefficient (Wildman–Crippen LogP) is 2.12. The fourth-order valence-electron chi connectivity index (χ4n) is 3.44. The predicted molar refractivity (Wildman–Crippen MR) is 95.1 cm³/mol. The SMILES string of the molecule is Cc1nccn1Cc1nnc(C2CCCN(C(=O)C(C)(C)C)C2)n1C. The van der Waals surface area contributed by atoms with Crippen LogP contribution in [0.2, 0.25) is 0 Å². The number of piperidine rings is 1. The van der Waals surface area contributed by atoms with Crippen LogP contribution < -0.4 is 0 Å². The summed E-state index contributed by atoms with van der Waals surface area (Å²) in [5.41, 5.74) is -0.341. The van der Waals surface area contributed by atoms with Crippen molar-refractivity contribution in [3.8, 4) is 0 Å². The highest BCUT2D eigenvalue weighted by Gasteiger charge is 2.33. The molecule has 2 aromatic rings. The number of amides is 1. The lowest BCUT2D eigenvalue weighted by Gasteiger charge is -2.36. The van der Waals surface area contributed by atoms with Crippen LogP contribution >= 0.6 is 0 Å². The van der Waals surface area contributed by atoms with Crippen molar-refractivity contribution in [3.05, 3.63) is 29.9 Å². The standard InChI is InChI=1S/C18H28N6O/c1-13-19-8-10-23(13)12-15-20-21-16(22(15)5)14-7-6-9-24(11-14)17(25)18(2,3)4/h8,10,14H,6-7,9,11-12H2,1-5H3. The number of nitrogens with zero attached hydrogens (tertiary/aromatic N) is 6. The van der Waals surface area contributed by atoms with Crippen molar-refractivity contribution >= 4 is 5.91 Å². The molecule has 1 aliphatic rings. The fourth-order valence-corrected chi connectivity index (χ4v) is 3.44. The van der Waals surface area contributed by atoms with Gasteiger partial charge in [0.05, 0.1) is 6.54 Å². The summed E-state index contributed by atoms with van der Waals surface area (Å²) >= 11 is 0. The minimum absolute atomic E-state index is 0.216. The van der Waals surface area contributed by atoms with Gasteiger partial charge in [0.25, 0.3) is 0 Å². The largest absolute Gasteiger partial charge is 0.342 e. The highest BCUT2D eigenvalue weighted by Crippen LogP contribution is 2.29. The topological polar surface area (TPSA) is 68.8 Å². The second-order valence-electron chi connectivity index (χ2n) is 7.98. The van der Waals surface area contributed by atoms with Gasteiger partial charge in [-0.15, -0.1) is 10.2 Å². The molecule has 1 amide bonds. The molecule has 3 rings (SSSR count). The van der Waals surface area contributed by atoms with Crippen LogP contribution in [0.1, 0.15) is 57.0 Å². The van der Waals surface area contributed by atoms with Gasteiger partial charge in [-0.05, 0) is 19.8 Å². The maximum absolute atomic E-state index is 12.6. The van der Waals surface area contributed by atoms with E-state index in [4.69, 9.17) is 0 Å². The molecule has 0 aliphatic carbocycles. The zero-order valence-electron chi connectivity index (χ0n) is 15.9. The smallest absolute Gasteiger partial charge is 0.227 e. The second-order valence-corrected chi connectivity index (χ2v) is 7.98. The first-order chi connectivity index (χ1) is 11.8. The van der Waals surface area contributed by atoms with E-state index >= 15 is 0 Å². The summed E-state index contributed by atoms with van der Waals surface area (Å²) in [6.45, 7) is 10.1. The van der Waals surface area contributed by atoms with E-state index in [9.17, 15) is 4.79 Å². The van der Waals surface area contributed by atoms with Crippen LogP contribution in [0.25, 0.3) is 0 Å². The van der Waals surface area contributed by atoms with Gasteiger partial charge in [-0.1, -0.05) is 20.8 Å². The summed E-state index contributed by atoms with van der Waals surface area (Å²) in [6, 6.07) is 0. The number of aromatic nitrogens is 5. The lowest BCUT2D eigenvalue weighted by molar-refractivity contribution is -0.140. The zero-order chi connectivity index (χ0) is 18.2. The Kier molecular flexibility index (Phi) is 4.67. The van der Waals surface area contributed by atoms with E-state index in [0.717, 1.165) is 43.4 Å². The van der Waals surface area contributed by atoms with Gasteiger partial charge in [0.15, 0.2) is 5.82 Å². The molecule has 0 aromatic carbocycles. The van der Waals surface area contributed by atoms with E-state index in [0.29, 0.717) is 6.54 Å². The Morgan fingerprint density at radius 3 is 2.72 bits per heavy atom. The number of carbonyl (C=O) groups excluding carboxylic acids is 1. The maximum atomic E-state index is 12.6. The molecule has 25 heavy (non-hydrogen) atoms. The van der Waals surface area contributed by atoms with Gasteiger partial charge in [-0.2, -0.15) is 0 Å². The Labute approximate surface area is 149 Å². The number of hydrogen-bond donors (Lipinski definition) is 0. The molecule has 1 atom stereocenters. The summed E-state index contributed by atoms with van der Waals surface area (Å²) in [7, 11) is 2.02. The minimum Gasteiger partial charge on any atom is -0.342 e. The van der Waals surface area contributed by atoms with Crippen molar-refractivity contribution < 1.29 is 4.79 Å². The number of hydrogen-bond acceptors (Lipinski definition) is 4. The van der Waals surface area contributed by atoms with Crippen molar-refractivity contribution in [1.29, 1.82) is 0 Å². The Morgan fingerprint density at radius 2 is 2.08 bits per heavy atom. The third kappa shape index (κ3) is 3.60. The number of rotatable bonds is 3. The summed E-state index contributed by atoms with van der Waals surface area (Å²) in [6.07, 6.45) is 5.80. The molecule has 7 heteroatoms. The molecule has 1 fully saturated rings. The van der Waals surface area contributed by atoms with Crippen molar-refractivity contribution in [2.24, 2.45) is 12.5 Å². The Morgan fingerprint density at radius 1 is 1.32 bits per heavy atom. The molecule has 2 aromatic heterocycles. The monoisotopic (exact) mass is 344 g/mol. The Balaban J connectivity index is 1.76. The molecule has 0 spiro atoms. The Hall–Kier alpha value is -2.18. The van der Waals surface area contributed by atoms with Crippen LogP contribution in [0.5, 0.6) is 0 Å². The number of likely N-dealkylation sites (tertiary alicyclic amines) is 1. The van der Waals surface area contributed by atoms with Crippen LogP contribution in [-0.2, 0) is 18.4 Å². The molecule has 0 saturated carbocycles. The third-order valence-electron chi connectivity index (χ3n) is 4.95. The molecule has 1 unspecified atom stereocenters. The first-order valence-corrected chi connectivity index (χ1v) is 8.92. The normalized spacial score (nSPS) is 18.6. The number of carbonyl (C=O) groups is 1. The van der Waals surface area contributed by atoms with Gasteiger partial charge in [0, 0.05) is 43.9 Å². The highest BCUT2D eigenvalue weighted by molar-refractivity contribution is 5.81. The summed E-state index contributed by atoms with van der Waals surface area (Å²) in [4.78, 5) is 18.8. The minimum atomic E-state index is -0.341. The quantitative estimate of drug-likeness (QED) is 0.855. The average Bonchev–Trinajstić information content (AvgIpc) is 3.13. The third-order valence-corrected chi connectivity index (χ3v) is 4.95. The summed E-state index contributed by atoms with van der Waals surface area (Å²) < 4.78 is 4.14. The van der Waals surface area contributed by atoms with E-state index in [-0.39, 0.29) is 17.2 Å². The molecule has 7 nitrogen and oxygen atoms in total. The maximum Gasteiger partial charge on any atom is 0.227 e. The lowest BCUT2D eigenvalue weighted by Crippen LogP contribution is -2.45. The molecule has 3 heterocycles. The van der Waals surface area contributed by atoms with Crippen LogP contribution in [0, 0.1) is 12.3 Å². The van der Waals surface area contributed by atoms with E-state index in [1.165, 1.54) is 0 Å². The van der Waals surface area contributed by atoms with Crippen molar-refractivity contribution in [1.82, 2.24) is 29.2 Å². The molecular weight excluding hydrogens is 316 g/mol. The van der Waals surface area contributed by atoms with Gasteiger partial charge in [0.1, 0.15) is 11.6 Å². The molecule has 1 saturated heterocycles. The molecule has 0 bridgehead atoms. The van der Waals surface area contributed by atoms with Crippen LogP contribution in [0.15, 0.2) is 12.4 Å². The average molecular weight is 344 g/mol. The number of imidazole rings is 1. The van der Waals surface area contributed by atoms with Gasteiger partial charge in [0.2, 0.25) is 5.91 Å². The summed E-state index contributed by atoms with van der Waals surface area (Å²) in [5, 5.41) is 8.83. The van der Waals surface area contributed by atoms with Crippen LogP contribution in [-0.4, -0.2) is 48.2 Å². The molecule has 1 aliphatic heterocycles. The highest BCUT2D eigenvalue weighted by atomic mass is 16.2. The fraction of sp³-hybridized carbons (Fsp3) is 0.667. The van der Waals surface area contributed by atoms with E-state index < -0.39 is 0 Å². The lowest BCUT2D eigenvalue weighted by atomic mass is 9.91. The van der Waals surface area contributed by atoms with Crippen LogP contribution in [0.3, 0.4) is 0 Å². The molecule has 0 N–H and O–H groups in total. The molecule has 136 valence electrons. The second kappa shape index (κ2) is 6.61. The molecule has 0 radical (unpaired) electrons. The first kappa shape index (κ1) is 17.6. The van der Waals surface area contributed by atoms with Crippen LogP contribution in [0.4, 0.5) is 0 Å². The molecular formula is C18H28N6O. The first-order valence-electron chi connectivity index (χ1n) is 8.92. The van der Waals surface area contributed by atoms with Gasteiger partial charge in [-0.3, -0.25) is 4.79 Å². The zero-order valence-corrected chi connectivity index (χ0v) is 15.9. The van der Waals surface area contributed by atoms with Crippen molar-refractivity contribution in [2.75, 3.05) is 13.1 Å². The number of aryl methyl sites for hydroxylation is 1. The van der Waals surface area contributed by atoms with Crippen molar-refractivity contribution in [2.45, 2.75) is 53.0 Å². The van der Waals surface area contributed by atoms with E-state index in [1.54, 1.807) is 6.20 Å². The van der Waals surface area contributed by atoms with E-state index in [2.05, 4.69) is 24.3 Å². The Bertz CT molecular complexity index is 754. The van der Waals surface area contributed by atoms with Gasteiger partial charge < -0.3 is 14.0 Å². The summed E-state index contributed by atoms with van der Waals surface area (Å²) in [5.74, 6) is 3.31. The van der Waals surface area contributed by atoms with Crippen molar-refractivity contribution in [3.63, 3.8) is 0 Å². The van der Waals surface area contributed by atoms with E-state index in [1.807, 2.05) is 45.8 Å². The van der Waals surface area contributed by atoms with Gasteiger partial charge in [-0.25, -0.2) is 4.98 Å². The van der Waals surface area contributed by atoms with Gasteiger partial charge >= 0.3 is 0 Å².